The molecule has 5 heteroatoms. The molecule has 2 aromatic rings. The molecule has 0 spiro atoms. The van der Waals surface area contributed by atoms with Crippen LogP contribution in [-0.4, -0.2) is 41.5 Å². The van der Waals surface area contributed by atoms with Crippen LogP contribution in [-0.2, 0) is 4.79 Å². The first-order valence-corrected chi connectivity index (χ1v) is 7.71. The molecule has 21 heavy (non-hydrogen) atoms. The lowest BCUT2D eigenvalue weighted by atomic mass is 10.0. The summed E-state index contributed by atoms with van der Waals surface area (Å²) in [4.78, 5) is 20.6. The zero-order valence-corrected chi connectivity index (χ0v) is 12.0. The Kier molecular flexibility index (Phi) is 3.05. The van der Waals surface area contributed by atoms with Crippen LogP contribution in [0.2, 0.25) is 0 Å². The second-order valence-electron chi connectivity index (χ2n) is 5.87. The monoisotopic (exact) mass is 285 g/mol. The van der Waals surface area contributed by atoms with Crippen molar-refractivity contribution in [2.75, 3.05) is 24.5 Å². The van der Waals surface area contributed by atoms with Gasteiger partial charge in [-0.05, 0) is 31.4 Å². The normalized spacial score (nSPS) is 20.7. The Morgan fingerprint density at radius 2 is 1.95 bits per heavy atom. The van der Waals surface area contributed by atoms with Gasteiger partial charge in [-0.1, -0.05) is 12.1 Å². The summed E-state index contributed by atoms with van der Waals surface area (Å²) < 4.78 is 5.82. The summed E-state index contributed by atoms with van der Waals surface area (Å²) in [6.45, 7) is 2.74. The van der Waals surface area contributed by atoms with Gasteiger partial charge >= 0.3 is 0 Å². The summed E-state index contributed by atoms with van der Waals surface area (Å²) in [5.41, 5.74) is 1.74. The topological polar surface area (TPSA) is 49.6 Å². The van der Waals surface area contributed by atoms with Crippen molar-refractivity contribution in [3.05, 3.63) is 24.3 Å². The predicted octanol–water partition coefficient (Wildman–Crippen LogP) is 2.42. The Morgan fingerprint density at radius 1 is 1.14 bits per heavy atom. The molecule has 0 N–H and O–H groups in total. The van der Waals surface area contributed by atoms with Gasteiger partial charge in [-0.15, -0.1) is 0 Å². The van der Waals surface area contributed by atoms with E-state index in [0.29, 0.717) is 18.0 Å². The predicted molar refractivity (Wildman–Crippen MR) is 80.2 cm³/mol. The van der Waals surface area contributed by atoms with E-state index in [4.69, 9.17) is 4.42 Å². The van der Waals surface area contributed by atoms with Crippen LogP contribution >= 0.6 is 0 Å². The number of nitrogens with zero attached hydrogens (tertiary/aromatic N) is 3. The number of amides is 1. The van der Waals surface area contributed by atoms with Gasteiger partial charge in [0.1, 0.15) is 5.52 Å². The van der Waals surface area contributed by atoms with Crippen LogP contribution in [0.4, 0.5) is 6.01 Å². The molecule has 4 rings (SSSR count). The molecule has 1 aromatic heterocycles. The van der Waals surface area contributed by atoms with E-state index in [1.807, 2.05) is 24.3 Å². The molecule has 0 aliphatic carbocycles. The Morgan fingerprint density at radius 3 is 2.67 bits per heavy atom. The first kappa shape index (κ1) is 12.7. The number of carbonyl (C=O) groups is 1. The first-order valence-electron chi connectivity index (χ1n) is 7.71. The van der Waals surface area contributed by atoms with Crippen molar-refractivity contribution in [3.8, 4) is 0 Å². The number of carbonyl (C=O) groups excluding carboxylic acids is 1. The average Bonchev–Trinajstić information content (AvgIpc) is 3.13. The van der Waals surface area contributed by atoms with Gasteiger partial charge < -0.3 is 14.2 Å². The number of benzene rings is 1. The number of fused-ring (bicyclic) bond motifs is 1. The van der Waals surface area contributed by atoms with Crippen molar-refractivity contribution in [2.24, 2.45) is 0 Å². The fraction of sp³-hybridized carbons (Fsp3) is 0.500. The number of aromatic nitrogens is 1. The lowest BCUT2D eigenvalue weighted by molar-refractivity contribution is -0.130. The Labute approximate surface area is 123 Å². The van der Waals surface area contributed by atoms with E-state index in [1.165, 1.54) is 0 Å². The number of anilines is 1. The maximum absolute atomic E-state index is 11.8. The van der Waals surface area contributed by atoms with Gasteiger partial charge in [-0.3, -0.25) is 4.79 Å². The molecule has 0 radical (unpaired) electrons. The Bertz CT molecular complexity index is 625. The lowest BCUT2D eigenvalue weighted by Crippen LogP contribution is -2.45. The van der Waals surface area contributed by atoms with E-state index in [0.717, 1.165) is 56.4 Å². The molecule has 2 saturated heterocycles. The van der Waals surface area contributed by atoms with Gasteiger partial charge in [0.25, 0.3) is 6.01 Å². The van der Waals surface area contributed by atoms with Crippen molar-refractivity contribution in [1.29, 1.82) is 0 Å². The van der Waals surface area contributed by atoms with Gasteiger partial charge in [0, 0.05) is 32.1 Å². The Hall–Kier alpha value is -2.04. The summed E-state index contributed by atoms with van der Waals surface area (Å²) in [6, 6.07) is 8.96. The molecule has 0 bridgehead atoms. The van der Waals surface area contributed by atoms with Crippen LogP contribution < -0.4 is 4.90 Å². The summed E-state index contributed by atoms with van der Waals surface area (Å²) >= 11 is 0. The Balaban J connectivity index is 1.46. The van der Waals surface area contributed by atoms with Crippen molar-refractivity contribution >= 4 is 23.0 Å². The number of para-hydroxylation sites is 2. The van der Waals surface area contributed by atoms with Gasteiger partial charge in [0.05, 0.1) is 0 Å². The third kappa shape index (κ3) is 2.26. The van der Waals surface area contributed by atoms with Gasteiger partial charge in [0.2, 0.25) is 5.91 Å². The van der Waals surface area contributed by atoms with Gasteiger partial charge in [-0.2, -0.15) is 4.98 Å². The minimum atomic E-state index is 0.329. The second kappa shape index (κ2) is 5.06. The standard InChI is InChI=1S/C16H19N3O2/c20-15-6-3-9-19(15)12-7-10-18(11-8-12)16-17-13-4-1-2-5-14(13)21-16/h1-2,4-5,12H,3,6-11H2. The zero-order valence-electron chi connectivity index (χ0n) is 12.0. The van der Waals surface area contributed by atoms with E-state index in [2.05, 4.69) is 14.8 Å². The molecule has 0 saturated carbocycles. The van der Waals surface area contributed by atoms with Crippen LogP contribution in [0.5, 0.6) is 0 Å². The van der Waals surface area contributed by atoms with Crippen molar-refractivity contribution in [3.63, 3.8) is 0 Å². The fourth-order valence-electron chi connectivity index (χ4n) is 3.42. The van der Waals surface area contributed by atoms with E-state index in [9.17, 15) is 4.79 Å². The maximum Gasteiger partial charge on any atom is 0.298 e. The number of piperidine rings is 1. The van der Waals surface area contributed by atoms with E-state index >= 15 is 0 Å². The van der Waals surface area contributed by atoms with Crippen LogP contribution in [0.25, 0.3) is 11.1 Å². The number of rotatable bonds is 2. The van der Waals surface area contributed by atoms with Crippen molar-refractivity contribution in [1.82, 2.24) is 9.88 Å². The molecule has 2 fully saturated rings. The van der Waals surface area contributed by atoms with Crippen LogP contribution in [0.3, 0.4) is 0 Å². The number of hydrogen-bond acceptors (Lipinski definition) is 4. The third-order valence-corrected chi connectivity index (χ3v) is 4.57. The highest BCUT2D eigenvalue weighted by Gasteiger charge is 2.31. The summed E-state index contributed by atoms with van der Waals surface area (Å²) in [5.74, 6) is 0.329. The van der Waals surface area contributed by atoms with Gasteiger partial charge in [-0.25, -0.2) is 0 Å². The summed E-state index contributed by atoms with van der Waals surface area (Å²) in [6.07, 6.45) is 3.75. The van der Waals surface area contributed by atoms with Crippen LogP contribution in [0, 0.1) is 0 Å². The molecule has 2 aliphatic rings. The third-order valence-electron chi connectivity index (χ3n) is 4.57. The average molecular weight is 285 g/mol. The molecule has 1 aromatic carbocycles. The van der Waals surface area contributed by atoms with Crippen molar-refractivity contribution in [2.45, 2.75) is 31.7 Å². The second-order valence-corrected chi connectivity index (χ2v) is 5.87. The fourth-order valence-corrected chi connectivity index (χ4v) is 3.42. The molecule has 0 unspecified atom stereocenters. The summed E-state index contributed by atoms with van der Waals surface area (Å²) in [5, 5.41) is 0. The quantitative estimate of drug-likeness (QED) is 0.850. The zero-order chi connectivity index (χ0) is 14.2. The molecule has 110 valence electrons. The summed E-state index contributed by atoms with van der Waals surface area (Å²) in [7, 11) is 0. The van der Waals surface area contributed by atoms with Crippen LogP contribution in [0.1, 0.15) is 25.7 Å². The minimum absolute atomic E-state index is 0.329. The SMILES string of the molecule is O=C1CCCN1C1CCN(c2nc3ccccc3o2)CC1. The number of oxazole rings is 1. The highest BCUT2D eigenvalue weighted by atomic mass is 16.4. The molecule has 3 heterocycles. The molecule has 0 atom stereocenters. The number of hydrogen-bond donors (Lipinski definition) is 0. The minimum Gasteiger partial charge on any atom is -0.423 e. The van der Waals surface area contributed by atoms with E-state index in [1.54, 1.807) is 0 Å². The highest BCUT2D eigenvalue weighted by molar-refractivity contribution is 5.78. The smallest absolute Gasteiger partial charge is 0.298 e. The first-order chi connectivity index (χ1) is 10.3. The molecular weight excluding hydrogens is 266 g/mol. The van der Waals surface area contributed by atoms with Crippen LogP contribution in [0.15, 0.2) is 28.7 Å². The molecule has 2 aliphatic heterocycles. The number of likely N-dealkylation sites (tertiary alicyclic amines) is 1. The van der Waals surface area contributed by atoms with E-state index < -0.39 is 0 Å². The molecule has 1 amide bonds. The molecule has 5 nitrogen and oxygen atoms in total. The van der Waals surface area contributed by atoms with Gasteiger partial charge in [0.15, 0.2) is 5.58 Å². The van der Waals surface area contributed by atoms with Crippen molar-refractivity contribution < 1.29 is 9.21 Å². The lowest BCUT2D eigenvalue weighted by Gasteiger charge is -2.35. The largest absolute Gasteiger partial charge is 0.423 e. The maximum atomic E-state index is 11.8. The molecular formula is C16H19N3O2. The highest BCUT2D eigenvalue weighted by Crippen LogP contribution is 2.27. The van der Waals surface area contributed by atoms with E-state index in [-0.39, 0.29) is 0 Å².